The Balaban J connectivity index is 1.84. The number of benzene rings is 1. The highest BCUT2D eigenvalue weighted by Gasteiger charge is 2.37. The second kappa shape index (κ2) is 12.1. The Bertz CT molecular complexity index is 1440. The van der Waals surface area contributed by atoms with Crippen molar-refractivity contribution in [3.05, 3.63) is 52.2 Å². The van der Waals surface area contributed by atoms with Gasteiger partial charge in [0.2, 0.25) is 5.96 Å². The van der Waals surface area contributed by atoms with Crippen LogP contribution in [0.3, 0.4) is 0 Å². The largest absolute Gasteiger partial charge is 0.416 e. The Morgan fingerprint density at radius 3 is 2.16 bits per heavy atom. The number of rotatable bonds is 10. The molecule has 0 spiro atoms. The third-order valence-electron chi connectivity index (χ3n) is 7.08. The fourth-order valence-electron chi connectivity index (χ4n) is 5.04. The number of hydrogen-bond donors (Lipinski definition) is 2. The molecule has 0 radical (unpaired) electrons. The number of anilines is 1. The van der Waals surface area contributed by atoms with Gasteiger partial charge in [0.15, 0.2) is 5.65 Å². The van der Waals surface area contributed by atoms with E-state index >= 15 is 0 Å². The maximum Gasteiger partial charge on any atom is 0.416 e. The number of aryl methyl sites for hydroxylation is 2. The average molecular weight is 614 g/mol. The molecule has 1 aromatic carbocycles. The first kappa shape index (κ1) is 32.2. The predicted octanol–water partition coefficient (Wildman–Crippen LogP) is 5.22. The third-order valence-corrected chi connectivity index (χ3v) is 7.08. The molecular formula is C28H37F6N9. The summed E-state index contributed by atoms with van der Waals surface area (Å²) in [6.07, 6.45) is -7.78. The number of guanidine groups is 1. The van der Waals surface area contributed by atoms with Crippen molar-refractivity contribution in [1.29, 1.82) is 0 Å². The van der Waals surface area contributed by atoms with E-state index in [1.54, 1.807) is 11.7 Å². The molecule has 3 aromatic rings. The van der Waals surface area contributed by atoms with Crippen molar-refractivity contribution in [3.63, 3.8) is 0 Å². The molecule has 1 aliphatic rings. The summed E-state index contributed by atoms with van der Waals surface area (Å²) >= 11 is 0. The average Bonchev–Trinajstić information content (AvgIpc) is 3.65. The lowest BCUT2D eigenvalue weighted by atomic mass is 10.0. The number of hydrazine groups is 1. The summed E-state index contributed by atoms with van der Waals surface area (Å²) < 4.78 is 83.4. The highest BCUT2D eigenvalue weighted by atomic mass is 19.4. The van der Waals surface area contributed by atoms with Crippen LogP contribution in [0.25, 0.3) is 11.0 Å². The molecule has 0 aliphatic heterocycles. The maximum atomic E-state index is 13.6. The highest BCUT2D eigenvalue weighted by molar-refractivity contribution is 5.82. The molecule has 9 nitrogen and oxygen atoms in total. The summed E-state index contributed by atoms with van der Waals surface area (Å²) in [6, 6.07) is 3.38. The van der Waals surface area contributed by atoms with Gasteiger partial charge in [-0.25, -0.2) is 15.9 Å². The summed E-state index contributed by atoms with van der Waals surface area (Å²) in [6.45, 7) is 7.04. The highest BCUT2D eigenvalue weighted by Crippen LogP contribution is 2.37. The van der Waals surface area contributed by atoms with E-state index in [0.717, 1.165) is 35.6 Å². The van der Waals surface area contributed by atoms with Crippen LogP contribution in [0.4, 0.5) is 32.2 Å². The van der Waals surface area contributed by atoms with Crippen LogP contribution in [0.1, 0.15) is 54.6 Å². The Morgan fingerprint density at radius 1 is 1.05 bits per heavy atom. The van der Waals surface area contributed by atoms with Crippen LogP contribution in [0, 0.1) is 18.8 Å². The maximum absolute atomic E-state index is 13.6. The van der Waals surface area contributed by atoms with Crippen LogP contribution >= 0.6 is 0 Å². The van der Waals surface area contributed by atoms with Crippen LogP contribution < -0.4 is 16.5 Å². The molecule has 0 bridgehead atoms. The molecule has 0 atom stereocenters. The predicted molar refractivity (Wildman–Crippen MR) is 152 cm³/mol. The molecule has 236 valence electrons. The number of aromatic nitrogens is 3. The van der Waals surface area contributed by atoms with E-state index < -0.39 is 30.0 Å². The molecule has 4 rings (SSSR count). The van der Waals surface area contributed by atoms with Crippen molar-refractivity contribution in [2.45, 2.75) is 59.1 Å². The summed E-state index contributed by atoms with van der Waals surface area (Å²) in [5.41, 5.74) is 5.25. The van der Waals surface area contributed by atoms with Gasteiger partial charge in [0.25, 0.3) is 0 Å². The van der Waals surface area contributed by atoms with E-state index in [1.165, 1.54) is 11.9 Å². The first-order valence-corrected chi connectivity index (χ1v) is 13.9. The Hall–Kier alpha value is -3.75. The first-order valence-electron chi connectivity index (χ1n) is 13.9. The SMILES string of the molecule is Cc1nn(C)c2nc(N(CC(C)C)CC3CC3)c(CN(Cc3cc(C(F)(F)F)cc(C(F)(F)F)c3)/C(N)=N/N(C)N)cc12. The second-order valence-corrected chi connectivity index (χ2v) is 11.6. The number of fused-ring (bicyclic) bond motifs is 1. The number of hydrogen-bond acceptors (Lipinski definition) is 6. The minimum absolute atomic E-state index is 0.0212. The number of nitrogens with zero attached hydrogens (tertiary/aromatic N) is 7. The van der Waals surface area contributed by atoms with Crippen molar-refractivity contribution in [2.75, 3.05) is 25.0 Å². The van der Waals surface area contributed by atoms with Gasteiger partial charge in [0.05, 0.1) is 16.8 Å². The summed E-state index contributed by atoms with van der Waals surface area (Å²) in [7, 11) is 3.19. The zero-order valence-corrected chi connectivity index (χ0v) is 24.8. The van der Waals surface area contributed by atoms with Crippen molar-refractivity contribution in [2.24, 2.45) is 35.6 Å². The lowest BCUT2D eigenvalue weighted by Gasteiger charge is -2.31. The quantitative estimate of drug-likeness (QED) is 0.106. The van der Waals surface area contributed by atoms with Crippen molar-refractivity contribution in [3.8, 4) is 0 Å². The molecule has 1 saturated carbocycles. The Morgan fingerprint density at radius 2 is 1.65 bits per heavy atom. The molecule has 4 N–H and O–H groups in total. The van der Waals surface area contributed by atoms with E-state index in [-0.39, 0.29) is 30.1 Å². The molecule has 43 heavy (non-hydrogen) atoms. The molecule has 1 fully saturated rings. The summed E-state index contributed by atoms with van der Waals surface area (Å²) in [5.74, 6) is 6.94. The lowest BCUT2D eigenvalue weighted by molar-refractivity contribution is -0.143. The van der Waals surface area contributed by atoms with Crippen LogP contribution in [0.2, 0.25) is 0 Å². The minimum atomic E-state index is -4.99. The zero-order valence-electron chi connectivity index (χ0n) is 24.8. The van der Waals surface area contributed by atoms with Gasteiger partial charge in [-0.1, -0.05) is 13.8 Å². The van der Waals surface area contributed by atoms with Crippen molar-refractivity contribution in [1.82, 2.24) is 24.8 Å². The zero-order chi connectivity index (χ0) is 31.9. The van der Waals surface area contributed by atoms with Crippen LogP contribution in [0.15, 0.2) is 29.4 Å². The Kier molecular flexibility index (Phi) is 9.05. The topological polar surface area (TPSA) is 105 Å². The van der Waals surface area contributed by atoms with E-state index in [0.29, 0.717) is 41.6 Å². The normalized spacial score (nSPS) is 14.6. The molecule has 0 unspecified atom stereocenters. The van der Waals surface area contributed by atoms with E-state index in [9.17, 15) is 26.3 Å². The third kappa shape index (κ3) is 8.00. The van der Waals surface area contributed by atoms with Gasteiger partial charge in [0.1, 0.15) is 5.82 Å². The number of pyridine rings is 1. The fourth-order valence-corrected chi connectivity index (χ4v) is 5.04. The molecule has 0 amide bonds. The van der Waals surface area contributed by atoms with Gasteiger partial charge in [-0.3, -0.25) is 4.68 Å². The smallest absolute Gasteiger partial charge is 0.368 e. The molecule has 1 aliphatic carbocycles. The second-order valence-electron chi connectivity index (χ2n) is 11.6. The van der Waals surface area contributed by atoms with Gasteiger partial charge in [-0.15, -0.1) is 5.10 Å². The molecule has 2 aromatic heterocycles. The molecular weight excluding hydrogens is 576 g/mol. The van der Waals surface area contributed by atoms with E-state index in [4.69, 9.17) is 16.6 Å². The van der Waals surface area contributed by atoms with Crippen molar-refractivity contribution < 1.29 is 26.3 Å². The number of alkyl halides is 6. The van der Waals surface area contributed by atoms with Gasteiger partial charge in [-0.2, -0.15) is 31.4 Å². The number of halogens is 6. The fraction of sp³-hybridized carbons (Fsp3) is 0.536. The standard InChI is InChI=1S/C28H37F6N9/c1-16(2)12-42(13-18-6-7-18)24-20(10-23-17(3)38-40(4)25(23)37-24)15-43(26(35)39-41(5)36)14-19-8-21(27(29,30)31)11-22(9-19)28(32,33)34/h8-11,16,18H,6-7,12-15,36H2,1-5H3,(H2,35,39). The lowest BCUT2D eigenvalue weighted by Crippen LogP contribution is -2.40. The molecule has 0 saturated heterocycles. The number of nitrogens with two attached hydrogens (primary N) is 2. The Labute approximate surface area is 246 Å². The summed E-state index contributed by atoms with van der Waals surface area (Å²) in [4.78, 5) is 8.57. The van der Waals surface area contributed by atoms with E-state index in [1.807, 2.05) is 13.0 Å². The monoisotopic (exact) mass is 613 g/mol. The van der Waals surface area contributed by atoms with Gasteiger partial charge in [-0.05, 0) is 61.4 Å². The van der Waals surface area contributed by atoms with Crippen LogP contribution in [-0.4, -0.2) is 50.9 Å². The molecule has 2 heterocycles. The van der Waals surface area contributed by atoms with Gasteiger partial charge < -0.3 is 15.5 Å². The van der Waals surface area contributed by atoms with Gasteiger partial charge in [0, 0.05) is 51.2 Å². The van der Waals surface area contributed by atoms with Crippen molar-refractivity contribution >= 4 is 22.8 Å². The van der Waals surface area contributed by atoms with Crippen LogP contribution in [0.5, 0.6) is 0 Å². The van der Waals surface area contributed by atoms with Crippen LogP contribution in [-0.2, 0) is 32.5 Å². The first-order chi connectivity index (χ1) is 19.9. The minimum Gasteiger partial charge on any atom is -0.368 e. The number of hydrazone groups is 1. The molecule has 15 heteroatoms. The van der Waals surface area contributed by atoms with Gasteiger partial charge >= 0.3 is 12.4 Å². The van der Waals surface area contributed by atoms with E-state index in [2.05, 4.69) is 28.9 Å². The summed E-state index contributed by atoms with van der Waals surface area (Å²) in [5, 5.41) is 10.2.